The lowest BCUT2D eigenvalue weighted by atomic mass is 10.2. The van der Waals surface area contributed by atoms with Gasteiger partial charge < -0.3 is 15.4 Å². The predicted molar refractivity (Wildman–Crippen MR) is 72.0 cm³/mol. The zero-order valence-corrected chi connectivity index (χ0v) is 11.8. The number of anilines is 1. The third-order valence-electron chi connectivity index (χ3n) is 2.65. The minimum atomic E-state index is -4.45. The molecule has 0 saturated heterocycles. The van der Waals surface area contributed by atoms with Crippen molar-refractivity contribution in [2.45, 2.75) is 12.6 Å². The standard InChI is InChI=1S/C12H17ClF3N3O/c1-20-6-5-19(4-2-3-17)11-10(13)7-9(8-18-11)12(14,15)16/h7-8H,2-6,17H2,1H3. The molecule has 0 aliphatic heterocycles. The Morgan fingerprint density at radius 2 is 2.10 bits per heavy atom. The maximum absolute atomic E-state index is 12.6. The maximum Gasteiger partial charge on any atom is 0.417 e. The molecule has 1 aromatic rings. The Balaban J connectivity index is 2.95. The van der Waals surface area contributed by atoms with Gasteiger partial charge in [-0.25, -0.2) is 4.98 Å². The van der Waals surface area contributed by atoms with Gasteiger partial charge in [0.15, 0.2) is 0 Å². The molecule has 4 nitrogen and oxygen atoms in total. The van der Waals surface area contributed by atoms with Crippen LogP contribution in [-0.2, 0) is 10.9 Å². The zero-order chi connectivity index (χ0) is 15.2. The number of hydrogen-bond acceptors (Lipinski definition) is 4. The van der Waals surface area contributed by atoms with Gasteiger partial charge in [0.05, 0.1) is 17.2 Å². The van der Waals surface area contributed by atoms with Crippen LogP contribution in [0.5, 0.6) is 0 Å². The smallest absolute Gasteiger partial charge is 0.383 e. The van der Waals surface area contributed by atoms with Crippen molar-refractivity contribution in [2.75, 3.05) is 38.3 Å². The van der Waals surface area contributed by atoms with E-state index >= 15 is 0 Å². The molecule has 114 valence electrons. The van der Waals surface area contributed by atoms with E-state index < -0.39 is 11.7 Å². The van der Waals surface area contributed by atoms with Crippen LogP contribution in [0, 0.1) is 0 Å². The molecule has 0 bridgehead atoms. The van der Waals surface area contributed by atoms with Crippen molar-refractivity contribution < 1.29 is 17.9 Å². The highest BCUT2D eigenvalue weighted by Crippen LogP contribution is 2.33. The highest BCUT2D eigenvalue weighted by molar-refractivity contribution is 6.33. The predicted octanol–water partition coefficient (Wildman–Crippen LogP) is 2.56. The van der Waals surface area contributed by atoms with Crippen LogP contribution in [0.15, 0.2) is 12.3 Å². The number of nitrogens with two attached hydrogens (primary N) is 1. The molecule has 1 rings (SSSR count). The van der Waals surface area contributed by atoms with E-state index in [-0.39, 0.29) is 5.02 Å². The number of pyridine rings is 1. The van der Waals surface area contributed by atoms with E-state index in [1.54, 1.807) is 12.0 Å². The van der Waals surface area contributed by atoms with E-state index in [1.807, 2.05) is 0 Å². The van der Waals surface area contributed by atoms with E-state index in [1.165, 1.54) is 0 Å². The molecular weight excluding hydrogens is 295 g/mol. The first kappa shape index (κ1) is 17.0. The number of alkyl halides is 3. The number of ether oxygens (including phenoxy) is 1. The van der Waals surface area contributed by atoms with Crippen LogP contribution in [0.3, 0.4) is 0 Å². The highest BCUT2D eigenvalue weighted by atomic mass is 35.5. The second-order valence-electron chi connectivity index (χ2n) is 4.15. The van der Waals surface area contributed by atoms with E-state index in [0.29, 0.717) is 38.5 Å². The summed E-state index contributed by atoms with van der Waals surface area (Å²) in [6, 6.07) is 0.881. The van der Waals surface area contributed by atoms with E-state index in [0.717, 1.165) is 12.3 Å². The van der Waals surface area contributed by atoms with Crippen LogP contribution in [0.4, 0.5) is 19.0 Å². The lowest BCUT2D eigenvalue weighted by Gasteiger charge is -2.24. The van der Waals surface area contributed by atoms with Crippen LogP contribution in [0.1, 0.15) is 12.0 Å². The van der Waals surface area contributed by atoms with Crippen molar-refractivity contribution in [1.29, 1.82) is 0 Å². The molecule has 20 heavy (non-hydrogen) atoms. The van der Waals surface area contributed by atoms with Crippen molar-refractivity contribution in [1.82, 2.24) is 4.98 Å². The summed E-state index contributed by atoms with van der Waals surface area (Å²) in [5, 5.41) is -0.0343. The van der Waals surface area contributed by atoms with Crippen molar-refractivity contribution in [3.63, 3.8) is 0 Å². The van der Waals surface area contributed by atoms with Crippen molar-refractivity contribution in [2.24, 2.45) is 5.73 Å². The van der Waals surface area contributed by atoms with Crippen LogP contribution in [0.2, 0.25) is 5.02 Å². The average molecular weight is 312 g/mol. The second-order valence-corrected chi connectivity index (χ2v) is 4.56. The summed E-state index contributed by atoms with van der Waals surface area (Å²) >= 11 is 5.91. The molecule has 0 aliphatic rings. The van der Waals surface area contributed by atoms with Crippen molar-refractivity contribution >= 4 is 17.4 Å². The number of halogens is 4. The Hall–Kier alpha value is -1.05. The van der Waals surface area contributed by atoms with Gasteiger partial charge in [0.2, 0.25) is 0 Å². The van der Waals surface area contributed by atoms with E-state index in [9.17, 15) is 13.2 Å². The second kappa shape index (κ2) is 7.66. The Morgan fingerprint density at radius 1 is 1.40 bits per heavy atom. The summed E-state index contributed by atoms with van der Waals surface area (Å²) < 4.78 is 42.6. The van der Waals surface area contributed by atoms with Gasteiger partial charge >= 0.3 is 6.18 Å². The minimum Gasteiger partial charge on any atom is -0.383 e. The van der Waals surface area contributed by atoms with Crippen LogP contribution < -0.4 is 10.6 Å². The quantitative estimate of drug-likeness (QED) is 0.841. The van der Waals surface area contributed by atoms with Crippen molar-refractivity contribution in [3.05, 3.63) is 22.8 Å². The van der Waals surface area contributed by atoms with Crippen LogP contribution in [0.25, 0.3) is 0 Å². The molecular formula is C12H17ClF3N3O. The molecule has 0 amide bonds. The van der Waals surface area contributed by atoms with E-state index in [4.69, 9.17) is 22.1 Å². The largest absolute Gasteiger partial charge is 0.417 e. The van der Waals surface area contributed by atoms with Gasteiger partial charge in [-0.3, -0.25) is 0 Å². The lowest BCUT2D eigenvalue weighted by molar-refractivity contribution is -0.137. The summed E-state index contributed by atoms with van der Waals surface area (Å²) in [5.74, 6) is 0.310. The third kappa shape index (κ3) is 4.81. The fourth-order valence-electron chi connectivity index (χ4n) is 1.63. The molecule has 0 atom stereocenters. The molecule has 0 unspecified atom stereocenters. The van der Waals surface area contributed by atoms with Gasteiger partial charge in [-0.2, -0.15) is 13.2 Å². The molecule has 1 aromatic heterocycles. The topological polar surface area (TPSA) is 51.4 Å². The highest BCUT2D eigenvalue weighted by Gasteiger charge is 2.32. The van der Waals surface area contributed by atoms with E-state index in [2.05, 4.69) is 4.98 Å². The monoisotopic (exact) mass is 311 g/mol. The molecule has 0 spiro atoms. The molecule has 8 heteroatoms. The van der Waals surface area contributed by atoms with Crippen LogP contribution >= 0.6 is 11.6 Å². The molecule has 0 fully saturated rings. The zero-order valence-electron chi connectivity index (χ0n) is 11.1. The molecule has 0 radical (unpaired) electrons. The average Bonchev–Trinajstić information content (AvgIpc) is 2.38. The van der Waals surface area contributed by atoms with Crippen molar-refractivity contribution in [3.8, 4) is 0 Å². The van der Waals surface area contributed by atoms with Gasteiger partial charge in [-0.15, -0.1) is 0 Å². The van der Waals surface area contributed by atoms with Gasteiger partial charge in [0, 0.05) is 26.4 Å². The minimum absolute atomic E-state index is 0.0343. The summed E-state index contributed by atoms with van der Waals surface area (Å²) in [6.07, 6.45) is -2.99. The molecule has 0 aromatic carbocycles. The molecule has 2 N–H and O–H groups in total. The number of methoxy groups -OCH3 is 1. The Kier molecular flexibility index (Phi) is 6.51. The number of nitrogens with zero attached hydrogens (tertiary/aromatic N) is 2. The van der Waals surface area contributed by atoms with Crippen LogP contribution in [-0.4, -0.2) is 38.3 Å². The number of hydrogen-bond donors (Lipinski definition) is 1. The maximum atomic E-state index is 12.6. The molecule has 0 aliphatic carbocycles. The SMILES string of the molecule is COCCN(CCCN)c1ncc(C(F)(F)F)cc1Cl. The molecule has 0 saturated carbocycles. The van der Waals surface area contributed by atoms with Gasteiger partial charge in [-0.1, -0.05) is 11.6 Å². The summed E-state index contributed by atoms with van der Waals surface area (Å²) in [7, 11) is 1.54. The normalized spacial score (nSPS) is 11.7. The summed E-state index contributed by atoms with van der Waals surface area (Å²) in [4.78, 5) is 5.59. The lowest BCUT2D eigenvalue weighted by Crippen LogP contribution is -2.30. The molecule has 1 heterocycles. The first-order chi connectivity index (χ1) is 9.40. The Bertz CT molecular complexity index is 421. The summed E-state index contributed by atoms with van der Waals surface area (Å²) in [6.45, 7) is 1.93. The Labute approximate surface area is 120 Å². The summed E-state index contributed by atoms with van der Waals surface area (Å²) in [5.41, 5.74) is 4.58. The Morgan fingerprint density at radius 3 is 2.60 bits per heavy atom. The van der Waals surface area contributed by atoms with Gasteiger partial charge in [0.25, 0.3) is 0 Å². The number of rotatable bonds is 7. The van der Waals surface area contributed by atoms with Gasteiger partial charge in [-0.05, 0) is 19.0 Å². The first-order valence-electron chi connectivity index (χ1n) is 6.06. The first-order valence-corrected chi connectivity index (χ1v) is 6.44. The third-order valence-corrected chi connectivity index (χ3v) is 2.92. The van der Waals surface area contributed by atoms with Gasteiger partial charge in [0.1, 0.15) is 5.82 Å². The fraction of sp³-hybridized carbons (Fsp3) is 0.583. The number of aromatic nitrogens is 1. The fourth-order valence-corrected chi connectivity index (χ4v) is 1.91.